The van der Waals surface area contributed by atoms with Crippen LogP contribution in [-0.2, 0) is 0 Å². The average molecular weight is 353 g/mol. The number of aromatic amines is 1. The molecule has 0 saturated heterocycles. The number of H-pyrrole nitrogens is 1. The Hall–Kier alpha value is -3.42. The molecule has 8 heteroatoms. The highest BCUT2D eigenvalue weighted by Crippen LogP contribution is 2.25. The minimum atomic E-state index is -0.460. The minimum absolute atomic E-state index is 0.0127. The summed E-state index contributed by atoms with van der Waals surface area (Å²) in [6.45, 7) is 5.83. The number of aromatic nitrogens is 2. The fourth-order valence-corrected chi connectivity index (χ4v) is 2.72. The van der Waals surface area contributed by atoms with Gasteiger partial charge >= 0.3 is 0 Å². The van der Waals surface area contributed by atoms with Crippen molar-refractivity contribution in [2.24, 2.45) is 4.99 Å². The third kappa shape index (κ3) is 3.49. The van der Waals surface area contributed by atoms with Crippen LogP contribution in [0.2, 0.25) is 0 Å². The van der Waals surface area contributed by atoms with Gasteiger partial charge in [0, 0.05) is 48.8 Å². The van der Waals surface area contributed by atoms with Gasteiger partial charge in [0.15, 0.2) is 0 Å². The van der Waals surface area contributed by atoms with Gasteiger partial charge in [-0.05, 0) is 32.0 Å². The molecular formula is C18H19N5O3. The highest BCUT2D eigenvalue weighted by molar-refractivity contribution is 5.87. The van der Waals surface area contributed by atoms with Crippen molar-refractivity contribution < 1.29 is 10.0 Å². The maximum Gasteiger partial charge on any atom is 0.271 e. The summed E-state index contributed by atoms with van der Waals surface area (Å²) in [6, 6.07) is 9.80. The smallest absolute Gasteiger partial charge is 0.271 e. The first kappa shape index (κ1) is 17.4. The number of nitro groups is 1. The summed E-state index contributed by atoms with van der Waals surface area (Å²) >= 11 is 0. The van der Waals surface area contributed by atoms with E-state index < -0.39 is 4.92 Å². The van der Waals surface area contributed by atoms with Crippen LogP contribution in [0.5, 0.6) is 5.75 Å². The van der Waals surface area contributed by atoms with Crippen LogP contribution in [0.1, 0.15) is 19.4 Å². The topological polar surface area (TPSA) is 108 Å². The van der Waals surface area contributed by atoms with E-state index in [4.69, 9.17) is 0 Å². The quantitative estimate of drug-likeness (QED) is 0.398. The number of hydrogen-bond donors (Lipinski definition) is 2. The first-order valence-corrected chi connectivity index (χ1v) is 8.28. The van der Waals surface area contributed by atoms with Crippen LogP contribution in [0.3, 0.4) is 0 Å². The van der Waals surface area contributed by atoms with Gasteiger partial charge in [0.25, 0.3) is 5.69 Å². The summed E-state index contributed by atoms with van der Waals surface area (Å²) < 4.78 is 0. The molecule has 0 fully saturated rings. The molecule has 0 saturated carbocycles. The van der Waals surface area contributed by atoms with Gasteiger partial charge in [0.2, 0.25) is 5.95 Å². The summed E-state index contributed by atoms with van der Waals surface area (Å²) in [5, 5.41) is 21.1. The molecule has 2 N–H and O–H groups in total. The highest BCUT2D eigenvalue weighted by atomic mass is 16.6. The third-order valence-corrected chi connectivity index (χ3v) is 4.13. The SMILES string of the molecule is CCN(CC)c1ccc(/C=N/c2nc3ccc([N+](=O)[O-])cc3[nH]2)c(O)c1. The standard InChI is InChI=1S/C18H19N5O3/c1-3-22(4-2)13-6-5-12(17(24)10-13)11-19-18-20-15-8-7-14(23(25)26)9-16(15)21-18/h5-11,24H,3-4H2,1-2H3,(H,20,21)/b19-11+. The number of rotatable bonds is 6. The van der Waals surface area contributed by atoms with Crippen molar-refractivity contribution in [3.8, 4) is 5.75 Å². The van der Waals surface area contributed by atoms with E-state index in [1.165, 1.54) is 18.3 Å². The maximum absolute atomic E-state index is 10.8. The van der Waals surface area contributed by atoms with Crippen LogP contribution in [-0.4, -0.2) is 39.3 Å². The second kappa shape index (κ2) is 7.22. The molecule has 26 heavy (non-hydrogen) atoms. The number of fused-ring (bicyclic) bond motifs is 1. The van der Waals surface area contributed by atoms with E-state index in [0.29, 0.717) is 22.5 Å². The molecule has 1 heterocycles. The van der Waals surface area contributed by atoms with Gasteiger partial charge < -0.3 is 15.0 Å². The number of anilines is 1. The van der Waals surface area contributed by atoms with Crippen LogP contribution in [0.4, 0.5) is 17.3 Å². The molecule has 8 nitrogen and oxygen atoms in total. The van der Waals surface area contributed by atoms with Crippen LogP contribution in [0.15, 0.2) is 41.4 Å². The number of aliphatic imine (C=N–C) groups is 1. The number of phenols is 1. The molecule has 0 amide bonds. The number of nitro benzene ring substituents is 1. The minimum Gasteiger partial charge on any atom is -0.507 e. The van der Waals surface area contributed by atoms with Crippen molar-refractivity contribution >= 4 is 34.6 Å². The summed E-state index contributed by atoms with van der Waals surface area (Å²) in [5.41, 5.74) is 2.62. The largest absolute Gasteiger partial charge is 0.507 e. The van der Waals surface area contributed by atoms with Crippen LogP contribution < -0.4 is 4.90 Å². The molecule has 3 aromatic rings. The molecule has 0 unspecified atom stereocenters. The molecular weight excluding hydrogens is 334 g/mol. The Morgan fingerprint density at radius 2 is 2.04 bits per heavy atom. The lowest BCUT2D eigenvalue weighted by Crippen LogP contribution is -2.21. The van der Waals surface area contributed by atoms with E-state index in [9.17, 15) is 15.2 Å². The van der Waals surface area contributed by atoms with E-state index in [1.54, 1.807) is 18.2 Å². The van der Waals surface area contributed by atoms with Gasteiger partial charge in [0.1, 0.15) is 5.75 Å². The van der Waals surface area contributed by atoms with Gasteiger partial charge in [-0.1, -0.05) is 0 Å². The lowest BCUT2D eigenvalue weighted by Gasteiger charge is -2.21. The third-order valence-electron chi connectivity index (χ3n) is 4.13. The number of non-ortho nitro benzene ring substituents is 1. The molecule has 134 valence electrons. The number of hydrogen-bond acceptors (Lipinski definition) is 6. The first-order chi connectivity index (χ1) is 12.5. The fraction of sp³-hybridized carbons (Fsp3) is 0.222. The van der Waals surface area contributed by atoms with Crippen molar-refractivity contribution in [3.63, 3.8) is 0 Å². The Morgan fingerprint density at radius 1 is 1.27 bits per heavy atom. The Kier molecular flexibility index (Phi) is 4.83. The number of phenolic OH excluding ortho intramolecular Hbond substituents is 1. The fourth-order valence-electron chi connectivity index (χ4n) is 2.72. The molecule has 2 aromatic carbocycles. The number of nitrogens with one attached hydrogen (secondary N) is 1. The average Bonchev–Trinajstić information content (AvgIpc) is 3.04. The molecule has 0 bridgehead atoms. The van der Waals surface area contributed by atoms with E-state index >= 15 is 0 Å². The van der Waals surface area contributed by atoms with Crippen molar-refractivity contribution in [2.75, 3.05) is 18.0 Å². The van der Waals surface area contributed by atoms with Gasteiger partial charge in [-0.25, -0.2) is 9.98 Å². The van der Waals surface area contributed by atoms with Gasteiger partial charge in [-0.3, -0.25) is 10.1 Å². The Labute approximate surface area is 150 Å². The van der Waals surface area contributed by atoms with Crippen molar-refractivity contribution in [3.05, 3.63) is 52.1 Å². The van der Waals surface area contributed by atoms with Crippen LogP contribution in [0.25, 0.3) is 11.0 Å². The van der Waals surface area contributed by atoms with E-state index in [1.807, 2.05) is 6.07 Å². The van der Waals surface area contributed by atoms with E-state index in [2.05, 4.69) is 33.7 Å². The zero-order chi connectivity index (χ0) is 18.7. The van der Waals surface area contributed by atoms with Crippen LogP contribution in [0, 0.1) is 10.1 Å². The predicted molar refractivity (Wildman–Crippen MR) is 102 cm³/mol. The highest BCUT2D eigenvalue weighted by Gasteiger charge is 2.09. The monoisotopic (exact) mass is 353 g/mol. The predicted octanol–water partition coefficient (Wildman–Crippen LogP) is 3.77. The Morgan fingerprint density at radius 3 is 2.69 bits per heavy atom. The number of benzene rings is 2. The molecule has 0 aliphatic rings. The first-order valence-electron chi connectivity index (χ1n) is 8.28. The number of aromatic hydroxyl groups is 1. The van der Waals surface area contributed by atoms with Crippen LogP contribution >= 0.6 is 0 Å². The maximum atomic E-state index is 10.8. The van der Waals surface area contributed by atoms with Gasteiger partial charge in [0.05, 0.1) is 16.0 Å². The lowest BCUT2D eigenvalue weighted by atomic mass is 10.2. The van der Waals surface area contributed by atoms with E-state index in [-0.39, 0.29) is 11.4 Å². The summed E-state index contributed by atoms with van der Waals surface area (Å²) in [5.74, 6) is 0.442. The Bertz CT molecular complexity index is 976. The molecule has 0 radical (unpaired) electrons. The molecule has 0 aliphatic heterocycles. The second-order valence-corrected chi connectivity index (χ2v) is 5.69. The summed E-state index contributed by atoms with van der Waals surface area (Å²) in [6.07, 6.45) is 1.51. The van der Waals surface area contributed by atoms with Crippen molar-refractivity contribution in [1.82, 2.24) is 9.97 Å². The molecule has 0 aliphatic carbocycles. The molecule has 1 aromatic heterocycles. The van der Waals surface area contributed by atoms with E-state index in [0.717, 1.165) is 18.8 Å². The second-order valence-electron chi connectivity index (χ2n) is 5.69. The number of imidazole rings is 1. The lowest BCUT2D eigenvalue weighted by molar-refractivity contribution is -0.384. The van der Waals surface area contributed by atoms with Crippen molar-refractivity contribution in [1.29, 1.82) is 0 Å². The zero-order valence-corrected chi connectivity index (χ0v) is 14.5. The number of nitrogens with zero attached hydrogens (tertiary/aromatic N) is 4. The molecule has 0 atom stereocenters. The summed E-state index contributed by atoms with van der Waals surface area (Å²) in [4.78, 5) is 23.9. The normalized spacial score (nSPS) is 11.3. The Balaban J connectivity index is 1.85. The molecule has 3 rings (SSSR count). The molecule has 0 spiro atoms. The van der Waals surface area contributed by atoms with Crippen molar-refractivity contribution in [2.45, 2.75) is 13.8 Å². The summed E-state index contributed by atoms with van der Waals surface area (Å²) in [7, 11) is 0. The van der Waals surface area contributed by atoms with Gasteiger partial charge in [-0.2, -0.15) is 0 Å². The zero-order valence-electron chi connectivity index (χ0n) is 14.5. The van der Waals surface area contributed by atoms with Gasteiger partial charge in [-0.15, -0.1) is 0 Å².